The van der Waals surface area contributed by atoms with Gasteiger partial charge in [0.25, 0.3) is 5.91 Å². The number of rotatable bonds is 3. The zero-order valence-corrected chi connectivity index (χ0v) is 15.5. The quantitative estimate of drug-likeness (QED) is 0.460. The van der Waals surface area contributed by atoms with Crippen molar-refractivity contribution in [1.82, 2.24) is 10.4 Å². The van der Waals surface area contributed by atoms with Crippen LogP contribution in [0.3, 0.4) is 0 Å². The van der Waals surface area contributed by atoms with E-state index in [1.807, 2.05) is 0 Å². The molecule has 0 aliphatic heterocycles. The van der Waals surface area contributed by atoms with Gasteiger partial charge in [-0.25, -0.2) is 10.4 Å². The highest BCUT2D eigenvalue weighted by Gasteiger charge is 2.50. The Morgan fingerprint density at radius 1 is 1.42 bits per heavy atom. The van der Waals surface area contributed by atoms with Crippen LogP contribution in [0.1, 0.15) is 37.2 Å². The summed E-state index contributed by atoms with van der Waals surface area (Å²) in [6.45, 7) is 4.54. The van der Waals surface area contributed by atoms with E-state index in [2.05, 4.69) is 35.4 Å². The van der Waals surface area contributed by atoms with Gasteiger partial charge in [-0.2, -0.15) is 5.10 Å². The third-order valence-corrected chi connectivity index (χ3v) is 6.31. The Morgan fingerprint density at radius 2 is 2.12 bits per heavy atom. The molecule has 0 unspecified atom stereocenters. The van der Waals surface area contributed by atoms with E-state index in [1.54, 1.807) is 6.21 Å². The van der Waals surface area contributed by atoms with Crippen LogP contribution in [0.2, 0.25) is 15.2 Å². The fourth-order valence-corrected chi connectivity index (χ4v) is 4.04. The smallest absolute Gasteiger partial charge is 0.291 e. The highest BCUT2D eigenvalue weighted by atomic mass is 35.5. The molecule has 0 radical (unpaired) electrons. The van der Waals surface area contributed by atoms with E-state index in [1.165, 1.54) is 6.42 Å². The van der Waals surface area contributed by atoms with E-state index in [0.717, 1.165) is 17.9 Å². The summed E-state index contributed by atoms with van der Waals surface area (Å²) in [5.41, 5.74) is 9.47. The highest BCUT2D eigenvalue weighted by molar-refractivity contribution is 6.46. The molecule has 1 amide bonds. The molecule has 8 heteroatoms. The Morgan fingerprint density at radius 3 is 2.75 bits per heavy atom. The summed E-state index contributed by atoms with van der Waals surface area (Å²) < 4.78 is 0. The van der Waals surface area contributed by atoms with Crippen LogP contribution in [0, 0.1) is 17.3 Å². The predicted molar refractivity (Wildman–Crippen MR) is 97.7 cm³/mol. The molecule has 1 saturated carbocycles. The number of halogens is 3. The van der Waals surface area contributed by atoms with Gasteiger partial charge in [-0.05, 0) is 35.7 Å². The van der Waals surface area contributed by atoms with Crippen LogP contribution in [-0.4, -0.2) is 17.1 Å². The summed E-state index contributed by atoms with van der Waals surface area (Å²) in [7, 11) is 0. The molecular formula is C16H17Cl3N4O. The van der Waals surface area contributed by atoms with Crippen molar-refractivity contribution < 1.29 is 4.79 Å². The number of nitrogens with zero attached hydrogens (tertiary/aromatic N) is 2. The topological polar surface area (TPSA) is 80.4 Å². The summed E-state index contributed by atoms with van der Waals surface area (Å²) in [5, 5.41) is 3.93. The third-order valence-electron chi connectivity index (χ3n) is 5.18. The largest absolute Gasteiger partial charge is 0.396 e. The summed E-state index contributed by atoms with van der Waals surface area (Å²) in [6, 6.07) is 0. The zero-order chi connectivity index (χ0) is 17.6. The van der Waals surface area contributed by atoms with Gasteiger partial charge in [0.05, 0.1) is 16.9 Å². The molecule has 3 N–H and O–H groups in total. The average molecular weight is 388 g/mol. The fourth-order valence-electron chi connectivity index (χ4n) is 3.45. The van der Waals surface area contributed by atoms with Gasteiger partial charge in [0.1, 0.15) is 5.02 Å². The third kappa shape index (κ3) is 2.79. The molecule has 24 heavy (non-hydrogen) atoms. The van der Waals surface area contributed by atoms with Crippen LogP contribution < -0.4 is 11.2 Å². The molecule has 0 aromatic carbocycles. The lowest BCUT2D eigenvalue weighted by atomic mass is 9.49. The second kappa shape index (κ2) is 6.21. The second-order valence-corrected chi connectivity index (χ2v) is 7.85. The van der Waals surface area contributed by atoms with Crippen molar-refractivity contribution in [3.05, 3.63) is 32.5 Å². The Balaban J connectivity index is 1.72. The molecule has 1 heterocycles. The summed E-state index contributed by atoms with van der Waals surface area (Å²) in [6.07, 6.45) is 6.10. The highest BCUT2D eigenvalue weighted by Crippen LogP contribution is 2.58. The number of nitrogen functional groups attached to an aromatic ring is 1. The SMILES string of the molecule is CC1(C)[C@@H]2CC=C(/C=N\NC(=O)c3nc(Cl)c(Cl)c(N)c3Cl)[C@H]1C2. The first kappa shape index (κ1) is 17.5. The maximum absolute atomic E-state index is 12.2. The average Bonchev–Trinajstić information content (AvgIpc) is 2.56. The molecule has 5 nitrogen and oxygen atoms in total. The van der Waals surface area contributed by atoms with E-state index >= 15 is 0 Å². The number of aromatic nitrogens is 1. The van der Waals surface area contributed by atoms with Crippen LogP contribution in [-0.2, 0) is 0 Å². The zero-order valence-electron chi connectivity index (χ0n) is 13.2. The van der Waals surface area contributed by atoms with Crippen LogP contribution >= 0.6 is 34.8 Å². The van der Waals surface area contributed by atoms with Crippen LogP contribution in [0.4, 0.5) is 5.69 Å². The number of anilines is 1. The molecule has 128 valence electrons. The van der Waals surface area contributed by atoms with Crippen molar-refractivity contribution in [2.75, 3.05) is 5.73 Å². The number of hydrazone groups is 1. The van der Waals surface area contributed by atoms with Crippen LogP contribution in [0.5, 0.6) is 0 Å². The second-order valence-electron chi connectivity index (χ2n) is 6.74. The Labute approximate surface area is 155 Å². The maximum Gasteiger partial charge on any atom is 0.291 e. The van der Waals surface area contributed by atoms with Crippen molar-refractivity contribution in [1.29, 1.82) is 0 Å². The minimum Gasteiger partial charge on any atom is -0.396 e. The monoisotopic (exact) mass is 386 g/mol. The molecule has 1 fully saturated rings. The summed E-state index contributed by atoms with van der Waals surface area (Å²) in [5.74, 6) is 0.638. The standard InChI is InChI=1S/C16H17Cl3N4O/c1-16(2)8-4-3-7(9(16)5-8)6-21-23-15(24)13-10(17)12(20)11(18)14(19)22-13/h3,6,8-9H,4-5H2,1-2H3,(H2,20,22)(H,23,24)/b21-6-/t8-,9-/m1/s1. The van der Waals surface area contributed by atoms with Crippen molar-refractivity contribution in [2.24, 2.45) is 22.4 Å². The molecular weight excluding hydrogens is 371 g/mol. The summed E-state index contributed by atoms with van der Waals surface area (Å²) in [4.78, 5) is 16.1. The molecule has 1 aromatic rings. The Bertz CT molecular complexity index is 773. The first-order valence-corrected chi connectivity index (χ1v) is 8.70. The van der Waals surface area contributed by atoms with Crippen LogP contribution in [0.15, 0.2) is 16.8 Å². The van der Waals surface area contributed by atoms with Gasteiger partial charge >= 0.3 is 0 Å². The van der Waals surface area contributed by atoms with E-state index in [-0.39, 0.29) is 26.6 Å². The van der Waals surface area contributed by atoms with Gasteiger partial charge in [0.2, 0.25) is 0 Å². The lowest BCUT2D eigenvalue weighted by Crippen LogP contribution is -2.48. The number of allylic oxidation sites excluding steroid dienone is 2. The molecule has 3 aliphatic rings. The number of amides is 1. The number of nitrogens with two attached hydrogens (primary N) is 1. The first-order chi connectivity index (χ1) is 11.2. The maximum atomic E-state index is 12.2. The summed E-state index contributed by atoms with van der Waals surface area (Å²) >= 11 is 17.7. The number of hydrogen-bond acceptors (Lipinski definition) is 4. The van der Waals surface area contributed by atoms with Crippen LogP contribution in [0.25, 0.3) is 0 Å². The van der Waals surface area contributed by atoms with Crippen molar-refractivity contribution in [2.45, 2.75) is 26.7 Å². The first-order valence-electron chi connectivity index (χ1n) is 7.57. The molecule has 1 aromatic heterocycles. The molecule has 0 saturated heterocycles. The van der Waals surface area contributed by atoms with E-state index < -0.39 is 5.91 Å². The van der Waals surface area contributed by atoms with Gasteiger partial charge < -0.3 is 5.73 Å². The molecule has 4 rings (SSSR count). The Kier molecular flexibility index (Phi) is 4.53. The van der Waals surface area contributed by atoms with Gasteiger partial charge in [-0.15, -0.1) is 0 Å². The van der Waals surface area contributed by atoms with Gasteiger partial charge in [0.15, 0.2) is 10.8 Å². The minimum absolute atomic E-state index is 0.0183. The minimum atomic E-state index is -0.594. The number of hydrogen-bond donors (Lipinski definition) is 2. The number of carbonyl (C=O) groups is 1. The molecule has 2 bridgehead atoms. The predicted octanol–water partition coefficient (Wildman–Crippen LogP) is 4.33. The number of fused-ring (bicyclic) bond motifs is 1. The van der Waals surface area contributed by atoms with Gasteiger partial charge in [0, 0.05) is 0 Å². The van der Waals surface area contributed by atoms with Gasteiger partial charge in [-0.1, -0.05) is 54.7 Å². The van der Waals surface area contributed by atoms with E-state index in [0.29, 0.717) is 11.3 Å². The number of pyridine rings is 1. The lowest BCUT2D eigenvalue weighted by molar-refractivity contribution is -0.00126. The molecule has 3 aliphatic carbocycles. The van der Waals surface area contributed by atoms with Gasteiger partial charge in [-0.3, -0.25) is 4.79 Å². The van der Waals surface area contributed by atoms with E-state index in [9.17, 15) is 4.79 Å². The number of nitrogens with one attached hydrogen (secondary N) is 1. The van der Waals surface area contributed by atoms with Crippen molar-refractivity contribution >= 4 is 52.6 Å². The molecule has 2 atom stereocenters. The fraction of sp³-hybridized carbons (Fsp3) is 0.438. The normalized spacial score (nSPS) is 24.5. The van der Waals surface area contributed by atoms with Crippen molar-refractivity contribution in [3.63, 3.8) is 0 Å². The molecule has 0 spiro atoms. The number of carbonyl (C=O) groups excluding carboxylic acids is 1. The van der Waals surface area contributed by atoms with Crippen molar-refractivity contribution in [3.8, 4) is 0 Å². The van der Waals surface area contributed by atoms with E-state index in [4.69, 9.17) is 40.5 Å². The lowest BCUT2D eigenvalue weighted by Gasteiger charge is -2.55. The Hall–Kier alpha value is -1.30.